The molecule has 0 bridgehead atoms. The molecule has 20 heavy (non-hydrogen) atoms. The van der Waals surface area contributed by atoms with Gasteiger partial charge >= 0.3 is 12.3 Å². The summed E-state index contributed by atoms with van der Waals surface area (Å²) in [5, 5.41) is 2.38. The fourth-order valence-corrected chi connectivity index (χ4v) is 1.84. The van der Waals surface area contributed by atoms with Crippen molar-refractivity contribution in [3.05, 3.63) is 0 Å². The maximum Gasteiger partial charge on any atom is 0.410 e. The van der Waals surface area contributed by atoms with Gasteiger partial charge in [0.05, 0.1) is 6.42 Å². The molecule has 0 spiro atoms. The van der Waals surface area contributed by atoms with Gasteiger partial charge in [-0.2, -0.15) is 13.2 Å². The van der Waals surface area contributed by atoms with Crippen LogP contribution in [0.5, 0.6) is 0 Å². The van der Waals surface area contributed by atoms with Crippen molar-refractivity contribution in [1.29, 1.82) is 0 Å². The Hall–Kier alpha value is -1.47. The van der Waals surface area contributed by atoms with Crippen LogP contribution in [0.2, 0.25) is 0 Å². The zero-order chi connectivity index (χ0) is 15.6. The molecule has 0 radical (unpaired) electrons. The van der Waals surface area contributed by atoms with Crippen molar-refractivity contribution in [2.75, 3.05) is 13.1 Å². The normalized spacial score (nSPS) is 21.2. The number of carbonyl (C=O) groups excluding carboxylic acids is 2. The van der Waals surface area contributed by atoms with E-state index in [4.69, 9.17) is 4.74 Å². The van der Waals surface area contributed by atoms with Gasteiger partial charge in [-0.15, -0.1) is 0 Å². The molecule has 0 aliphatic carbocycles. The maximum absolute atomic E-state index is 12.6. The van der Waals surface area contributed by atoms with Gasteiger partial charge in [-0.1, -0.05) is 0 Å². The Morgan fingerprint density at radius 1 is 1.40 bits per heavy atom. The highest BCUT2D eigenvalue weighted by molar-refractivity contribution is 5.86. The van der Waals surface area contributed by atoms with Crippen LogP contribution in [0.3, 0.4) is 0 Å². The van der Waals surface area contributed by atoms with Gasteiger partial charge in [0.15, 0.2) is 0 Å². The van der Waals surface area contributed by atoms with Crippen molar-refractivity contribution in [2.45, 2.75) is 51.4 Å². The Morgan fingerprint density at radius 2 is 2.00 bits per heavy atom. The second-order valence-electron chi connectivity index (χ2n) is 5.65. The molecule has 1 heterocycles. The number of nitrogens with one attached hydrogen (secondary N) is 1. The number of nitrogens with zero attached hydrogens (tertiary/aromatic N) is 1. The van der Waals surface area contributed by atoms with Gasteiger partial charge in [-0.25, -0.2) is 4.79 Å². The minimum Gasteiger partial charge on any atom is -0.444 e. The number of ether oxygens (including phenoxy) is 1. The quantitative estimate of drug-likeness (QED) is 0.806. The average Bonchev–Trinajstić information content (AvgIpc) is 2.37. The molecule has 8 heteroatoms. The molecule has 1 atom stereocenters. The van der Waals surface area contributed by atoms with E-state index in [1.54, 1.807) is 20.8 Å². The average molecular weight is 296 g/mol. The molecule has 1 aliphatic rings. The molecule has 0 aromatic rings. The van der Waals surface area contributed by atoms with Crippen molar-refractivity contribution >= 4 is 12.0 Å². The summed E-state index contributed by atoms with van der Waals surface area (Å²) in [4.78, 5) is 24.5. The smallest absolute Gasteiger partial charge is 0.410 e. The molecule has 1 unspecified atom stereocenters. The Balaban J connectivity index is 2.91. The molecule has 1 aliphatic heterocycles. The zero-order valence-corrected chi connectivity index (χ0v) is 11.7. The topological polar surface area (TPSA) is 58.6 Å². The number of amides is 2. The molecular weight excluding hydrogens is 277 g/mol. The highest BCUT2D eigenvalue weighted by Gasteiger charge is 2.42. The van der Waals surface area contributed by atoms with Crippen molar-refractivity contribution in [3.63, 3.8) is 0 Å². The molecule has 1 N–H and O–H groups in total. The number of hydrogen-bond donors (Lipinski definition) is 1. The predicted molar refractivity (Wildman–Crippen MR) is 65.0 cm³/mol. The standard InChI is InChI=1S/C12H19F3N2O3/c1-11(2,3)20-10(19)17-6-4-5-16-9(18)8(17)7-12(13,14)15/h8H,4-7H2,1-3H3,(H,16,18). The van der Waals surface area contributed by atoms with Crippen molar-refractivity contribution in [3.8, 4) is 0 Å². The lowest BCUT2D eigenvalue weighted by molar-refractivity contribution is -0.155. The van der Waals surface area contributed by atoms with Gasteiger partial charge in [0.1, 0.15) is 11.6 Å². The van der Waals surface area contributed by atoms with Gasteiger partial charge in [0, 0.05) is 13.1 Å². The first kappa shape index (κ1) is 16.6. The van der Waals surface area contributed by atoms with Gasteiger partial charge in [0.2, 0.25) is 5.91 Å². The first-order valence-electron chi connectivity index (χ1n) is 6.34. The van der Waals surface area contributed by atoms with E-state index in [0.717, 1.165) is 4.90 Å². The summed E-state index contributed by atoms with van der Waals surface area (Å²) in [5.41, 5.74) is -0.831. The Kier molecular flexibility index (Phi) is 4.88. The van der Waals surface area contributed by atoms with Crippen LogP contribution in [-0.4, -0.2) is 47.8 Å². The van der Waals surface area contributed by atoms with E-state index in [0.29, 0.717) is 6.42 Å². The molecule has 5 nitrogen and oxygen atoms in total. The van der Waals surface area contributed by atoms with Gasteiger partial charge in [-0.3, -0.25) is 9.69 Å². The number of rotatable bonds is 1. The summed E-state index contributed by atoms with van der Waals surface area (Å²) in [5.74, 6) is -0.800. The first-order chi connectivity index (χ1) is 8.99. The van der Waals surface area contributed by atoms with E-state index in [2.05, 4.69) is 5.32 Å². The van der Waals surface area contributed by atoms with Crippen LogP contribution in [0.15, 0.2) is 0 Å². The fraction of sp³-hybridized carbons (Fsp3) is 0.833. The molecule has 0 saturated carbocycles. The summed E-state index contributed by atoms with van der Waals surface area (Å²) in [6.07, 6.45) is -6.42. The van der Waals surface area contributed by atoms with Gasteiger partial charge in [-0.05, 0) is 27.2 Å². The molecule has 1 fully saturated rings. The number of halogens is 3. The Bertz CT molecular complexity index is 377. The van der Waals surface area contributed by atoms with Gasteiger partial charge < -0.3 is 10.1 Å². The monoisotopic (exact) mass is 296 g/mol. The van der Waals surface area contributed by atoms with E-state index >= 15 is 0 Å². The van der Waals surface area contributed by atoms with E-state index in [1.807, 2.05) is 0 Å². The van der Waals surface area contributed by atoms with Crippen LogP contribution in [0.25, 0.3) is 0 Å². The van der Waals surface area contributed by atoms with E-state index in [-0.39, 0.29) is 13.1 Å². The highest BCUT2D eigenvalue weighted by Crippen LogP contribution is 2.26. The second kappa shape index (κ2) is 5.88. The van der Waals surface area contributed by atoms with Crippen LogP contribution in [-0.2, 0) is 9.53 Å². The van der Waals surface area contributed by atoms with Crippen LogP contribution >= 0.6 is 0 Å². The maximum atomic E-state index is 12.6. The lowest BCUT2D eigenvalue weighted by Gasteiger charge is -2.31. The third-order valence-corrected chi connectivity index (χ3v) is 2.61. The predicted octanol–water partition coefficient (Wildman–Crippen LogP) is 2.06. The largest absolute Gasteiger partial charge is 0.444 e. The number of hydrogen-bond acceptors (Lipinski definition) is 3. The SMILES string of the molecule is CC(C)(C)OC(=O)N1CCCNC(=O)C1CC(F)(F)F. The molecule has 1 rings (SSSR count). The van der Waals surface area contributed by atoms with Crippen LogP contribution in [0.4, 0.5) is 18.0 Å². The zero-order valence-electron chi connectivity index (χ0n) is 11.7. The molecule has 116 valence electrons. The Labute approximate surface area is 115 Å². The second-order valence-corrected chi connectivity index (χ2v) is 5.65. The summed E-state index contributed by atoms with van der Waals surface area (Å²) >= 11 is 0. The lowest BCUT2D eigenvalue weighted by Crippen LogP contribution is -2.50. The van der Waals surface area contributed by atoms with Crippen LogP contribution < -0.4 is 5.32 Å². The minimum absolute atomic E-state index is 0.0500. The third-order valence-electron chi connectivity index (χ3n) is 2.61. The molecule has 2 amide bonds. The summed E-state index contributed by atoms with van der Waals surface area (Å²) in [6.45, 7) is 5.13. The van der Waals surface area contributed by atoms with E-state index in [1.165, 1.54) is 0 Å². The Morgan fingerprint density at radius 3 is 2.50 bits per heavy atom. The van der Waals surface area contributed by atoms with Gasteiger partial charge in [0.25, 0.3) is 0 Å². The molecule has 0 aromatic heterocycles. The summed E-state index contributed by atoms with van der Waals surface area (Å²) in [7, 11) is 0. The fourth-order valence-electron chi connectivity index (χ4n) is 1.84. The van der Waals surface area contributed by atoms with Crippen molar-refractivity contribution < 1.29 is 27.5 Å². The number of alkyl halides is 3. The molecular formula is C12H19F3N2O3. The van der Waals surface area contributed by atoms with Crippen LogP contribution in [0.1, 0.15) is 33.6 Å². The van der Waals surface area contributed by atoms with E-state index in [9.17, 15) is 22.8 Å². The summed E-state index contributed by atoms with van der Waals surface area (Å²) in [6, 6.07) is -1.58. The van der Waals surface area contributed by atoms with E-state index < -0.39 is 36.2 Å². The molecule has 0 aromatic carbocycles. The lowest BCUT2D eigenvalue weighted by atomic mass is 10.1. The summed E-state index contributed by atoms with van der Waals surface area (Å²) < 4.78 is 42.8. The van der Waals surface area contributed by atoms with Crippen molar-refractivity contribution in [2.24, 2.45) is 0 Å². The molecule has 1 saturated heterocycles. The number of carbonyl (C=O) groups is 2. The van der Waals surface area contributed by atoms with Crippen LogP contribution in [0, 0.1) is 0 Å². The highest BCUT2D eigenvalue weighted by atomic mass is 19.4. The first-order valence-corrected chi connectivity index (χ1v) is 6.34. The third kappa shape index (κ3) is 5.26. The van der Waals surface area contributed by atoms with Crippen molar-refractivity contribution in [1.82, 2.24) is 10.2 Å². The minimum atomic E-state index is -4.54.